The number of hydrogen-bond acceptors (Lipinski definition) is 4. The Labute approximate surface area is 177 Å². The molecule has 5 nitrogen and oxygen atoms in total. The van der Waals surface area contributed by atoms with E-state index in [0.29, 0.717) is 17.0 Å². The number of thioether (sulfide) groups is 1. The number of amides is 2. The summed E-state index contributed by atoms with van der Waals surface area (Å²) >= 11 is 1.35. The van der Waals surface area contributed by atoms with Crippen LogP contribution in [-0.2, 0) is 10.2 Å². The van der Waals surface area contributed by atoms with Crippen molar-refractivity contribution in [1.29, 1.82) is 0 Å². The average Bonchev–Trinajstić information content (AvgIpc) is 2.65. The Morgan fingerprint density at radius 1 is 1.10 bits per heavy atom. The molecule has 0 bridgehead atoms. The Morgan fingerprint density at radius 2 is 1.79 bits per heavy atom. The highest BCUT2D eigenvalue weighted by Crippen LogP contribution is 2.32. The summed E-state index contributed by atoms with van der Waals surface area (Å²) in [5.41, 5.74) is 2.20. The van der Waals surface area contributed by atoms with Gasteiger partial charge in [0, 0.05) is 10.9 Å². The normalized spacial score (nSPS) is 11.3. The van der Waals surface area contributed by atoms with E-state index in [1.54, 1.807) is 13.2 Å². The lowest BCUT2D eigenvalue weighted by Gasteiger charge is -2.21. The van der Waals surface area contributed by atoms with Crippen molar-refractivity contribution in [2.45, 2.75) is 51.0 Å². The summed E-state index contributed by atoms with van der Waals surface area (Å²) in [5, 5.41) is 5.83. The molecule has 0 heterocycles. The summed E-state index contributed by atoms with van der Waals surface area (Å²) in [6, 6.07) is 13.2. The van der Waals surface area contributed by atoms with Gasteiger partial charge in [-0.15, -0.1) is 11.8 Å². The molecule has 0 unspecified atom stereocenters. The minimum atomic E-state index is -0.235. The number of carbonyl (C=O) groups excluding carboxylic acids is 2. The monoisotopic (exact) mass is 414 g/mol. The van der Waals surface area contributed by atoms with Gasteiger partial charge in [0.05, 0.1) is 24.1 Å². The van der Waals surface area contributed by atoms with Crippen LogP contribution in [0.5, 0.6) is 5.75 Å². The minimum absolute atomic E-state index is 0.0523. The second-order valence-corrected chi connectivity index (χ2v) is 9.14. The second kappa shape index (κ2) is 9.83. The standard InChI is InChI=1S/C23H30N2O3S/c1-15(2)24-21(26)14-29-20-10-8-7-9-17(20)22(27)25-18-13-16(23(3,4)5)11-12-19(18)28-6/h7-13,15H,14H2,1-6H3,(H,24,26)(H,25,27). The number of anilines is 1. The number of hydrogen-bond donors (Lipinski definition) is 2. The molecule has 2 aromatic rings. The van der Waals surface area contributed by atoms with E-state index < -0.39 is 0 Å². The van der Waals surface area contributed by atoms with Gasteiger partial charge in [-0.2, -0.15) is 0 Å². The van der Waals surface area contributed by atoms with Crippen LogP contribution in [0.15, 0.2) is 47.4 Å². The topological polar surface area (TPSA) is 67.4 Å². The quantitative estimate of drug-likeness (QED) is 0.635. The Balaban J connectivity index is 2.22. The Hall–Kier alpha value is -2.47. The van der Waals surface area contributed by atoms with Gasteiger partial charge in [-0.25, -0.2) is 0 Å². The fraction of sp³-hybridized carbons (Fsp3) is 0.391. The lowest BCUT2D eigenvalue weighted by Crippen LogP contribution is -2.31. The van der Waals surface area contributed by atoms with Crippen molar-refractivity contribution in [3.63, 3.8) is 0 Å². The summed E-state index contributed by atoms with van der Waals surface area (Å²) in [6.45, 7) is 10.2. The van der Waals surface area contributed by atoms with Crippen LogP contribution in [0, 0.1) is 0 Å². The Morgan fingerprint density at radius 3 is 2.41 bits per heavy atom. The van der Waals surface area contributed by atoms with Gasteiger partial charge in [0.2, 0.25) is 5.91 Å². The Bertz CT molecular complexity index is 873. The van der Waals surface area contributed by atoms with Crippen molar-refractivity contribution in [3.8, 4) is 5.75 Å². The molecule has 2 N–H and O–H groups in total. The highest BCUT2D eigenvalue weighted by molar-refractivity contribution is 8.00. The molecule has 0 spiro atoms. The molecule has 0 aromatic heterocycles. The predicted octanol–water partition coefficient (Wildman–Crippen LogP) is 4.86. The van der Waals surface area contributed by atoms with Crippen molar-refractivity contribution in [2.75, 3.05) is 18.2 Å². The number of methoxy groups -OCH3 is 1. The largest absolute Gasteiger partial charge is 0.495 e. The molecular formula is C23H30N2O3S. The van der Waals surface area contributed by atoms with E-state index in [9.17, 15) is 9.59 Å². The van der Waals surface area contributed by atoms with E-state index in [4.69, 9.17) is 4.74 Å². The smallest absolute Gasteiger partial charge is 0.256 e. The fourth-order valence-electron chi connectivity index (χ4n) is 2.75. The lowest BCUT2D eigenvalue weighted by atomic mass is 9.87. The first-order chi connectivity index (χ1) is 13.6. The van der Waals surface area contributed by atoms with Crippen molar-refractivity contribution >= 4 is 29.3 Å². The van der Waals surface area contributed by atoms with Gasteiger partial charge >= 0.3 is 0 Å². The first kappa shape index (κ1) is 22.8. The van der Waals surface area contributed by atoms with E-state index in [1.165, 1.54) is 11.8 Å². The van der Waals surface area contributed by atoms with Gasteiger partial charge in [0.25, 0.3) is 5.91 Å². The molecule has 29 heavy (non-hydrogen) atoms. The van der Waals surface area contributed by atoms with Crippen LogP contribution in [0.4, 0.5) is 5.69 Å². The van der Waals surface area contributed by atoms with Gasteiger partial charge < -0.3 is 15.4 Å². The van der Waals surface area contributed by atoms with Gasteiger partial charge in [-0.3, -0.25) is 9.59 Å². The van der Waals surface area contributed by atoms with Crippen LogP contribution in [0.3, 0.4) is 0 Å². The summed E-state index contributed by atoms with van der Waals surface area (Å²) in [5.74, 6) is 0.569. The zero-order valence-corrected chi connectivity index (χ0v) is 18.8. The van der Waals surface area contributed by atoms with E-state index in [0.717, 1.165) is 10.5 Å². The van der Waals surface area contributed by atoms with E-state index in [2.05, 4.69) is 31.4 Å². The molecule has 0 aliphatic heterocycles. The number of benzene rings is 2. The highest BCUT2D eigenvalue weighted by Gasteiger charge is 2.19. The van der Waals surface area contributed by atoms with Gasteiger partial charge in [0.15, 0.2) is 0 Å². The number of rotatable bonds is 7. The summed E-state index contributed by atoms with van der Waals surface area (Å²) < 4.78 is 5.42. The SMILES string of the molecule is COc1ccc(C(C)(C)C)cc1NC(=O)c1ccccc1SCC(=O)NC(C)C. The van der Waals surface area contributed by atoms with Crippen LogP contribution < -0.4 is 15.4 Å². The molecule has 0 saturated heterocycles. The van der Waals surface area contributed by atoms with E-state index in [1.807, 2.05) is 50.2 Å². The van der Waals surface area contributed by atoms with Crippen LogP contribution in [0.2, 0.25) is 0 Å². The third-order valence-corrected chi connectivity index (χ3v) is 5.33. The minimum Gasteiger partial charge on any atom is -0.495 e. The molecule has 0 radical (unpaired) electrons. The zero-order chi connectivity index (χ0) is 21.6. The highest BCUT2D eigenvalue weighted by atomic mass is 32.2. The molecule has 0 saturated carbocycles. The van der Waals surface area contributed by atoms with Gasteiger partial charge in [-0.1, -0.05) is 39.0 Å². The average molecular weight is 415 g/mol. The van der Waals surface area contributed by atoms with Gasteiger partial charge in [-0.05, 0) is 49.1 Å². The maximum Gasteiger partial charge on any atom is 0.256 e. The van der Waals surface area contributed by atoms with Crippen LogP contribution in [0.1, 0.15) is 50.5 Å². The molecule has 0 aliphatic carbocycles. The summed E-state index contributed by atoms with van der Waals surface area (Å²) in [4.78, 5) is 25.7. The van der Waals surface area contributed by atoms with E-state index in [-0.39, 0.29) is 29.0 Å². The summed E-state index contributed by atoms with van der Waals surface area (Å²) in [6.07, 6.45) is 0. The van der Waals surface area contributed by atoms with Crippen molar-refractivity contribution < 1.29 is 14.3 Å². The number of carbonyl (C=O) groups is 2. The first-order valence-corrected chi connectivity index (χ1v) is 10.6. The zero-order valence-electron chi connectivity index (χ0n) is 18.0. The molecule has 2 aromatic carbocycles. The van der Waals surface area contributed by atoms with E-state index >= 15 is 0 Å². The third-order valence-electron chi connectivity index (χ3n) is 4.25. The van der Waals surface area contributed by atoms with Crippen molar-refractivity contribution in [2.24, 2.45) is 0 Å². The molecule has 0 aliphatic rings. The fourth-order valence-corrected chi connectivity index (χ4v) is 3.61. The Kier molecular flexibility index (Phi) is 7.73. The molecule has 6 heteroatoms. The number of nitrogens with one attached hydrogen (secondary N) is 2. The van der Waals surface area contributed by atoms with Crippen LogP contribution >= 0.6 is 11.8 Å². The second-order valence-electron chi connectivity index (χ2n) is 8.13. The third kappa shape index (κ3) is 6.53. The maximum atomic E-state index is 13.0. The predicted molar refractivity (Wildman–Crippen MR) is 120 cm³/mol. The number of ether oxygens (including phenoxy) is 1. The molecular weight excluding hydrogens is 384 g/mol. The lowest BCUT2D eigenvalue weighted by molar-refractivity contribution is -0.119. The molecule has 0 fully saturated rings. The van der Waals surface area contributed by atoms with Crippen molar-refractivity contribution in [1.82, 2.24) is 5.32 Å². The van der Waals surface area contributed by atoms with Gasteiger partial charge in [0.1, 0.15) is 5.75 Å². The van der Waals surface area contributed by atoms with Crippen LogP contribution in [0.25, 0.3) is 0 Å². The first-order valence-electron chi connectivity index (χ1n) is 9.63. The molecule has 2 rings (SSSR count). The molecule has 0 atom stereocenters. The molecule has 156 valence electrons. The maximum absolute atomic E-state index is 13.0. The van der Waals surface area contributed by atoms with Crippen LogP contribution in [-0.4, -0.2) is 30.7 Å². The molecule has 2 amide bonds. The van der Waals surface area contributed by atoms with Crippen molar-refractivity contribution in [3.05, 3.63) is 53.6 Å². The summed E-state index contributed by atoms with van der Waals surface area (Å²) in [7, 11) is 1.58.